The summed E-state index contributed by atoms with van der Waals surface area (Å²) in [5, 5.41) is 9.14. The van der Waals surface area contributed by atoms with Gasteiger partial charge in [-0.3, -0.25) is 4.79 Å². The van der Waals surface area contributed by atoms with Crippen LogP contribution >= 0.6 is 0 Å². The first-order valence-corrected chi connectivity index (χ1v) is 6.87. The zero-order valence-corrected chi connectivity index (χ0v) is 12.5. The first-order chi connectivity index (χ1) is 11.2. The van der Waals surface area contributed by atoms with Gasteiger partial charge < -0.3 is 4.74 Å². The largest absolute Gasteiger partial charge is 0.496 e. The van der Waals surface area contributed by atoms with Crippen molar-refractivity contribution in [1.29, 1.82) is 5.26 Å². The van der Waals surface area contributed by atoms with Gasteiger partial charge in [-0.1, -0.05) is 30.4 Å². The molecule has 4 heteroatoms. The smallest absolute Gasteiger partial charge is 0.203 e. The van der Waals surface area contributed by atoms with E-state index in [2.05, 4.69) is 0 Å². The molecule has 0 unspecified atom stereocenters. The molecule has 0 radical (unpaired) electrons. The van der Waals surface area contributed by atoms with Crippen LogP contribution in [0, 0.1) is 17.1 Å². The van der Waals surface area contributed by atoms with E-state index in [0.717, 1.165) is 5.56 Å². The van der Waals surface area contributed by atoms with E-state index in [4.69, 9.17) is 10.00 Å². The van der Waals surface area contributed by atoms with Gasteiger partial charge in [0.1, 0.15) is 17.6 Å². The number of Topliss-reactive ketones (excluding diaryl/α,β-unsaturated/α-hetero) is 1. The highest BCUT2D eigenvalue weighted by molar-refractivity contribution is 6.11. The molecule has 0 saturated carbocycles. The molecule has 0 bridgehead atoms. The fraction of sp³-hybridized carbons (Fsp3) is 0.0526. The van der Waals surface area contributed by atoms with Crippen molar-refractivity contribution in [2.75, 3.05) is 7.11 Å². The van der Waals surface area contributed by atoms with Crippen molar-refractivity contribution >= 4 is 11.9 Å². The normalized spacial score (nSPS) is 11.3. The van der Waals surface area contributed by atoms with Gasteiger partial charge in [0.25, 0.3) is 0 Å². The Balaban J connectivity index is 2.22. The van der Waals surface area contributed by atoms with Crippen LogP contribution in [0.5, 0.6) is 5.75 Å². The Morgan fingerprint density at radius 1 is 1.17 bits per heavy atom. The maximum absolute atomic E-state index is 12.9. The van der Waals surface area contributed by atoms with Crippen molar-refractivity contribution in [3.8, 4) is 11.8 Å². The third-order valence-corrected chi connectivity index (χ3v) is 3.15. The van der Waals surface area contributed by atoms with E-state index in [1.165, 1.54) is 30.3 Å². The van der Waals surface area contributed by atoms with Crippen molar-refractivity contribution < 1.29 is 13.9 Å². The van der Waals surface area contributed by atoms with Crippen molar-refractivity contribution in [1.82, 2.24) is 0 Å². The highest BCUT2D eigenvalue weighted by Gasteiger charge is 2.11. The van der Waals surface area contributed by atoms with Gasteiger partial charge in [0.05, 0.1) is 12.7 Å². The zero-order chi connectivity index (χ0) is 16.7. The maximum Gasteiger partial charge on any atom is 0.203 e. The first-order valence-electron chi connectivity index (χ1n) is 6.87. The third-order valence-electron chi connectivity index (χ3n) is 3.15. The Bertz CT molecular complexity index is 799. The van der Waals surface area contributed by atoms with Gasteiger partial charge in [-0.2, -0.15) is 5.26 Å². The molecule has 2 rings (SSSR count). The molecule has 0 aliphatic carbocycles. The van der Waals surface area contributed by atoms with E-state index in [1.807, 2.05) is 30.3 Å². The average molecular weight is 307 g/mol. The quantitative estimate of drug-likeness (QED) is 0.360. The molecule has 0 N–H and O–H groups in total. The average Bonchev–Trinajstić information content (AvgIpc) is 2.59. The van der Waals surface area contributed by atoms with Gasteiger partial charge in [0.15, 0.2) is 0 Å². The molecule has 3 nitrogen and oxygen atoms in total. The number of methoxy groups -OCH3 is 1. The SMILES string of the molecule is COc1ccccc1/C=C/C=C(\C#N)C(=O)c1ccc(F)cc1. The lowest BCUT2D eigenvalue weighted by Gasteiger charge is -2.02. The lowest BCUT2D eigenvalue weighted by atomic mass is 10.0. The van der Waals surface area contributed by atoms with Crippen molar-refractivity contribution in [2.24, 2.45) is 0 Å². The number of rotatable bonds is 5. The summed E-state index contributed by atoms with van der Waals surface area (Å²) < 4.78 is 18.1. The third kappa shape index (κ3) is 4.14. The summed E-state index contributed by atoms with van der Waals surface area (Å²) in [7, 11) is 1.57. The van der Waals surface area contributed by atoms with E-state index in [0.29, 0.717) is 5.75 Å². The van der Waals surface area contributed by atoms with Crippen LogP contribution in [0.4, 0.5) is 4.39 Å². The van der Waals surface area contributed by atoms with E-state index >= 15 is 0 Å². The number of nitriles is 1. The Labute approximate surface area is 133 Å². The number of hydrogen-bond donors (Lipinski definition) is 0. The van der Waals surface area contributed by atoms with Crippen molar-refractivity contribution in [3.05, 3.63) is 83.2 Å². The monoisotopic (exact) mass is 307 g/mol. The highest BCUT2D eigenvalue weighted by atomic mass is 19.1. The maximum atomic E-state index is 12.9. The number of nitrogens with zero attached hydrogens (tertiary/aromatic N) is 1. The second kappa shape index (κ2) is 7.71. The Morgan fingerprint density at radius 3 is 2.52 bits per heavy atom. The predicted molar refractivity (Wildman–Crippen MR) is 86.5 cm³/mol. The number of allylic oxidation sites excluding steroid dienone is 3. The Hall–Kier alpha value is -3.19. The van der Waals surface area contributed by atoms with E-state index in [-0.39, 0.29) is 11.1 Å². The van der Waals surface area contributed by atoms with Gasteiger partial charge in [-0.05, 0) is 36.4 Å². The lowest BCUT2D eigenvalue weighted by Crippen LogP contribution is -2.01. The number of carbonyl (C=O) groups is 1. The summed E-state index contributed by atoms with van der Waals surface area (Å²) >= 11 is 0. The van der Waals surface area contributed by atoms with Crippen LogP contribution in [0.2, 0.25) is 0 Å². The highest BCUT2D eigenvalue weighted by Crippen LogP contribution is 2.19. The minimum atomic E-state index is -0.447. The van der Waals surface area contributed by atoms with Gasteiger partial charge in [0, 0.05) is 11.1 Å². The summed E-state index contributed by atoms with van der Waals surface area (Å²) in [6.45, 7) is 0. The summed E-state index contributed by atoms with van der Waals surface area (Å²) in [5.41, 5.74) is 1.07. The molecule has 0 fully saturated rings. The van der Waals surface area contributed by atoms with E-state index in [9.17, 15) is 9.18 Å². The minimum Gasteiger partial charge on any atom is -0.496 e. The van der Waals surface area contributed by atoms with Gasteiger partial charge in [-0.15, -0.1) is 0 Å². The van der Waals surface area contributed by atoms with Crippen LogP contribution in [-0.4, -0.2) is 12.9 Å². The number of benzene rings is 2. The number of ether oxygens (including phenoxy) is 1. The molecular formula is C19H14FNO2. The van der Waals surface area contributed by atoms with Crippen LogP contribution in [0.3, 0.4) is 0 Å². The molecule has 0 aliphatic heterocycles. The molecule has 0 aromatic heterocycles. The standard InChI is InChI=1S/C19H14FNO2/c1-23-18-8-3-2-5-14(18)6-4-7-16(13-21)19(22)15-9-11-17(20)12-10-15/h2-12H,1H3/b6-4+,16-7+. The number of carbonyl (C=O) groups excluding carboxylic acids is 1. The summed E-state index contributed by atoms with van der Waals surface area (Å²) in [6.07, 6.45) is 4.78. The second-order valence-electron chi connectivity index (χ2n) is 4.63. The summed E-state index contributed by atoms with van der Waals surface area (Å²) in [4.78, 5) is 12.2. The van der Waals surface area contributed by atoms with Crippen LogP contribution in [-0.2, 0) is 0 Å². The molecule has 2 aromatic rings. The van der Waals surface area contributed by atoms with E-state index < -0.39 is 11.6 Å². The fourth-order valence-corrected chi connectivity index (χ4v) is 1.97. The Kier molecular flexibility index (Phi) is 5.43. The minimum absolute atomic E-state index is 0.0252. The summed E-state index contributed by atoms with van der Waals surface area (Å²) in [6, 6.07) is 14.3. The van der Waals surface area contributed by atoms with Crippen LogP contribution < -0.4 is 4.74 Å². The van der Waals surface area contributed by atoms with Crippen LogP contribution in [0.15, 0.2) is 66.3 Å². The predicted octanol–water partition coefficient (Wildman–Crippen LogP) is 4.18. The molecule has 0 amide bonds. The van der Waals surface area contributed by atoms with Crippen molar-refractivity contribution in [2.45, 2.75) is 0 Å². The number of hydrogen-bond acceptors (Lipinski definition) is 3. The fourth-order valence-electron chi connectivity index (χ4n) is 1.97. The zero-order valence-electron chi connectivity index (χ0n) is 12.5. The molecule has 2 aromatic carbocycles. The van der Waals surface area contributed by atoms with Crippen LogP contribution in [0.25, 0.3) is 6.08 Å². The van der Waals surface area contributed by atoms with Gasteiger partial charge in [0.2, 0.25) is 5.78 Å². The van der Waals surface area contributed by atoms with Gasteiger partial charge in [-0.25, -0.2) is 4.39 Å². The van der Waals surface area contributed by atoms with E-state index in [1.54, 1.807) is 19.3 Å². The topological polar surface area (TPSA) is 50.1 Å². The van der Waals surface area contributed by atoms with Crippen molar-refractivity contribution in [3.63, 3.8) is 0 Å². The Morgan fingerprint density at radius 2 is 1.87 bits per heavy atom. The number of para-hydroxylation sites is 1. The molecule has 23 heavy (non-hydrogen) atoms. The van der Waals surface area contributed by atoms with Crippen LogP contribution in [0.1, 0.15) is 15.9 Å². The molecule has 0 aliphatic rings. The molecule has 114 valence electrons. The lowest BCUT2D eigenvalue weighted by molar-refractivity contribution is 0.103. The first kappa shape index (κ1) is 16.2. The molecule has 0 saturated heterocycles. The number of halogens is 1. The molecular weight excluding hydrogens is 293 g/mol. The molecule has 0 spiro atoms. The molecule has 0 heterocycles. The molecule has 0 atom stereocenters. The van der Waals surface area contributed by atoms with Gasteiger partial charge >= 0.3 is 0 Å². The number of ketones is 1. The second-order valence-corrected chi connectivity index (χ2v) is 4.63. The summed E-state index contributed by atoms with van der Waals surface area (Å²) in [5.74, 6) is -0.183.